The van der Waals surface area contributed by atoms with E-state index < -0.39 is 0 Å². The summed E-state index contributed by atoms with van der Waals surface area (Å²) in [5.74, 6) is 0. The molecule has 1 aromatic heterocycles. The maximum Gasteiger partial charge on any atom is 0.0584 e. The minimum absolute atomic E-state index is 0.276. The van der Waals surface area contributed by atoms with E-state index >= 15 is 0 Å². The Morgan fingerprint density at radius 1 is 1.05 bits per heavy atom. The van der Waals surface area contributed by atoms with E-state index in [2.05, 4.69) is 27.0 Å². The van der Waals surface area contributed by atoms with E-state index in [0.29, 0.717) is 5.02 Å². The molecule has 0 amide bonds. The second-order valence-corrected chi connectivity index (χ2v) is 5.88. The van der Waals surface area contributed by atoms with Crippen molar-refractivity contribution in [2.24, 2.45) is 5.73 Å². The molecule has 2 nitrogen and oxygen atoms in total. The Bertz CT molecular complexity index is 768. The van der Waals surface area contributed by atoms with Crippen LogP contribution in [0.25, 0.3) is 10.8 Å². The molecule has 1 atom stereocenters. The van der Waals surface area contributed by atoms with Crippen LogP contribution in [0.4, 0.5) is 0 Å². The van der Waals surface area contributed by atoms with Crippen molar-refractivity contribution in [2.45, 2.75) is 6.04 Å². The lowest BCUT2D eigenvalue weighted by Crippen LogP contribution is -2.13. The fraction of sp³-hybridized carbons (Fsp3) is 0.0625. The van der Waals surface area contributed by atoms with Gasteiger partial charge in [0.25, 0.3) is 0 Å². The minimum atomic E-state index is -0.276. The summed E-state index contributed by atoms with van der Waals surface area (Å²) in [5.41, 5.74) is 8.37. The van der Waals surface area contributed by atoms with Crippen LogP contribution in [0.1, 0.15) is 17.2 Å². The third-order valence-corrected chi connectivity index (χ3v) is 4.28. The van der Waals surface area contributed by atoms with Crippen molar-refractivity contribution in [3.8, 4) is 0 Å². The van der Waals surface area contributed by atoms with Crippen LogP contribution in [0.5, 0.6) is 0 Å². The zero-order chi connectivity index (χ0) is 14.1. The van der Waals surface area contributed by atoms with Crippen molar-refractivity contribution in [1.29, 1.82) is 0 Å². The number of hydrogen-bond donors (Lipinski definition) is 1. The van der Waals surface area contributed by atoms with Gasteiger partial charge in [0.1, 0.15) is 0 Å². The number of nitrogens with zero attached hydrogens (tertiary/aromatic N) is 1. The molecule has 2 aromatic carbocycles. The fourth-order valence-electron chi connectivity index (χ4n) is 2.31. The second-order valence-electron chi connectivity index (χ2n) is 4.59. The van der Waals surface area contributed by atoms with Crippen molar-refractivity contribution < 1.29 is 0 Å². The van der Waals surface area contributed by atoms with Crippen molar-refractivity contribution in [2.75, 3.05) is 0 Å². The Labute approximate surface area is 130 Å². The summed E-state index contributed by atoms with van der Waals surface area (Å²) in [6, 6.07) is 13.5. The highest BCUT2D eigenvalue weighted by atomic mass is 79.9. The quantitative estimate of drug-likeness (QED) is 0.730. The van der Waals surface area contributed by atoms with Crippen LogP contribution < -0.4 is 5.73 Å². The first-order valence-electron chi connectivity index (χ1n) is 6.20. The number of nitrogens with two attached hydrogens (primary N) is 1. The molecule has 100 valence electrons. The van der Waals surface area contributed by atoms with Gasteiger partial charge in [0.15, 0.2) is 0 Å². The summed E-state index contributed by atoms with van der Waals surface area (Å²) in [4.78, 5) is 4.28. The number of benzene rings is 2. The van der Waals surface area contributed by atoms with Crippen LogP contribution >= 0.6 is 27.5 Å². The number of halogens is 2. The number of aromatic nitrogens is 1. The fourth-order valence-corrected chi connectivity index (χ4v) is 2.98. The lowest BCUT2D eigenvalue weighted by atomic mass is 9.96. The second kappa shape index (κ2) is 5.52. The average molecular weight is 348 g/mol. The van der Waals surface area contributed by atoms with Gasteiger partial charge in [-0.05, 0) is 34.7 Å². The van der Waals surface area contributed by atoms with Gasteiger partial charge in [0, 0.05) is 27.3 Å². The van der Waals surface area contributed by atoms with Crippen LogP contribution in [-0.2, 0) is 0 Å². The van der Waals surface area contributed by atoms with Gasteiger partial charge in [-0.1, -0.05) is 51.8 Å². The molecule has 0 aliphatic heterocycles. The third-order valence-electron chi connectivity index (χ3n) is 3.33. The van der Waals surface area contributed by atoms with E-state index in [1.165, 1.54) is 0 Å². The first-order valence-corrected chi connectivity index (χ1v) is 7.37. The molecule has 0 radical (unpaired) electrons. The van der Waals surface area contributed by atoms with Gasteiger partial charge < -0.3 is 5.73 Å². The maximum absolute atomic E-state index is 6.42. The molecule has 3 aromatic rings. The van der Waals surface area contributed by atoms with Crippen molar-refractivity contribution in [1.82, 2.24) is 4.98 Å². The highest BCUT2D eigenvalue weighted by Crippen LogP contribution is 2.32. The van der Waals surface area contributed by atoms with E-state index in [-0.39, 0.29) is 6.04 Å². The topological polar surface area (TPSA) is 38.9 Å². The first kappa shape index (κ1) is 13.6. The van der Waals surface area contributed by atoms with E-state index in [4.69, 9.17) is 17.3 Å². The largest absolute Gasteiger partial charge is 0.320 e. The molecule has 0 aliphatic rings. The van der Waals surface area contributed by atoms with E-state index in [1.807, 2.05) is 48.8 Å². The highest BCUT2D eigenvalue weighted by Gasteiger charge is 2.15. The van der Waals surface area contributed by atoms with Crippen LogP contribution in [0.15, 0.2) is 59.3 Å². The third kappa shape index (κ3) is 2.44. The van der Waals surface area contributed by atoms with Crippen molar-refractivity contribution >= 4 is 38.3 Å². The monoisotopic (exact) mass is 346 g/mol. The molecule has 2 N–H and O–H groups in total. The Hall–Kier alpha value is -1.42. The predicted molar refractivity (Wildman–Crippen MR) is 86.9 cm³/mol. The van der Waals surface area contributed by atoms with Crippen LogP contribution in [0.3, 0.4) is 0 Å². The van der Waals surface area contributed by atoms with Gasteiger partial charge in [0.2, 0.25) is 0 Å². The lowest BCUT2D eigenvalue weighted by Gasteiger charge is -2.16. The van der Waals surface area contributed by atoms with Crippen LogP contribution in [0.2, 0.25) is 5.02 Å². The predicted octanol–water partition coefficient (Wildman–Crippen LogP) is 4.70. The van der Waals surface area contributed by atoms with Gasteiger partial charge in [-0.15, -0.1) is 0 Å². The molecule has 1 heterocycles. The molecule has 1 unspecified atom stereocenters. The van der Waals surface area contributed by atoms with Gasteiger partial charge in [0.05, 0.1) is 6.04 Å². The molecule has 20 heavy (non-hydrogen) atoms. The zero-order valence-corrected chi connectivity index (χ0v) is 12.9. The Morgan fingerprint density at radius 3 is 2.70 bits per heavy atom. The highest BCUT2D eigenvalue weighted by molar-refractivity contribution is 9.10. The SMILES string of the molecule is NC(c1cc(Cl)ccc1Br)c1cncc2ccccc12. The molecule has 0 saturated heterocycles. The average Bonchev–Trinajstić information content (AvgIpc) is 2.48. The number of fused-ring (bicyclic) bond motifs is 1. The zero-order valence-electron chi connectivity index (χ0n) is 10.6. The smallest absolute Gasteiger partial charge is 0.0584 e. The minimum Gasteiger partial charge on any atom is -0.320 e. The molecular weight excluding hydrogens is 336 g/mol. The van der Waals surface area contributed by atoms with Crippen LogP contribution in [-0.4, -0.2) is 4.98 Å². The summed E-state index contributed by atoms with van der Waals surface area (Å²) in [6.45, 7) is 0. The van der Waals surface area contributed by atoms with Gasteiger partial charge in [-0.25, -0.2) is 0 Å². The first-order chi connectivity index (χ1) is 9.66. The summed E-state index contributed by atoms with van der Waals surface area (Å²) >= 11 is 9.61. The number of hydrogen-bond acceptors (Lipinski definition) is 2. The Morgan fingerprint density at radius 2 is 1.85 bits per heavy atom. The molecule has 4 heteroatoms. The van der Waals surface area contributed by atoms with Gasteiger partial charge >= 0.3 is 0 Å². The maximum atomic E-state index is 6.42. The summed E-state index contributed by atoms with van der Waals surface area (Å²) in [5, 5.41) is 2.87. The van der Waals surface area contributed by atoms with Crippen LogP contribution in [0, 0.1) is 0 Å². The van der Waals surface area contributed by atoms with Gasteiger partial charge in [-0.3, -0.25) is 4.98 Å². The number of rotatable bonds is 2. The Balaban J connectivity index is 2.17. The van der Waals surface area contributed by atoms with Crippen molar-refractivity contribution in [3.05, 3.63) is 75.5 Å². The lowest BCUT2D eigenvalue weighted by molar-refractivity contribution is 0.868. The number of pyridine rings is 1. The molecule has 3 rings (SSSR count). The van der Waals surface area contributed by atoms with E-state index in [1.54, 1.807) is 0 Å². The molecule has 0 bridgehead atoms. The Kier molecular flexibility index (Phi) is 3.74. The summed E-state index contributed by atoms with van der Waals surface area (Å²) < 4.78 is 0.947. The normalized spacial score (nSPS) is 12.6. The summed E-state index contributed by atoms with van der Waals surface area (Å²) in [6.07, 6.45) is 3.67. The van der Waals surface area contributed by atoms with E-state index in [9.17, 15) is 0 Å². The molecule has 0 saturated carbocycles. The molecular formula is C16H12BrClN2. The summed E-state index contributed by atoms with van der Waals surface area (Å²) in [7, 11) is 0. The molecule has 0 aliphatic carbocycles. The standard InChI is InChI=1S/C16H12BrClN2/c17-15-6-5-11(18)7-13(15)16(19)14-9-20-8-10-3-1-2-4-12(10)14/h1-9,16H,19H2. The molecule has 0 spiro atoms. The molecule has 0 fully saturated rings. The van der Waals surface area contributed by atoms with Crippen molar-refractivity contribution in [3.63, 3.8) is 0 Å². The van der Waals surface area contributed by atoms with Gasteiger partial charge in [-0.2, -0.15) is 0 Å². The van der Waals surface area contributed by atoms with E-state index in [0.717, 1.165) is 26.4 Å².